The smallest absolute Gasteiger partial charge is 0.243 e. The molecule has 0 radical (unpaired) electrons. The van der Waals surface area contributed by atoms with Crippen molar-refractivity contribution in [2.24, 2.45) is 0 Å². The first kappa shape index (κ1) is 22.6. The molecule has 10 heteroatoms. The second-order valence-corrected chi connectivity index (χ2v) is 8.79. The number of carbonyl (C=O) groups is 2. The van der Waals surface area contributed by atoms with Crippen molar-refractivity contribution >= 4 is 34.2 Å². The van der Waals surface area contributed by atoms with Crippen molar-refractivity contribution in [1.29, 1.82) is 0 Å². The summed E-state index contributed by atoms with van der Waals surface area (Å²) in [6.07, 6.45) is 1.23. The first-order valence-electron chi connectivity index (χ1n) is 9.30. The van der Waals surface area contributed by atoms with E-state index in [4.69, 9.17) is 0 Å². The molecule has 0 saturated carbocycles. The molecule has 1 aromatic carbocycles. The Labute approximate surface area is 172 Å². The van der Waals surface area contributed by atoms with Crippen LogP contribution in [0.25, 0.3) is 0 Å². The van der Waals surface area contributed by atoms with Gasteiger partial charge >= 0.3 is 0 Å². The van der Waals surface area contributed by atoms with Crippen molar-refractivity contribution in [3.05, 3.63) is 30.3 Å². The number of rotatable bonds is 6. The minimum absolute atomic E-state index is 0. The number of benzene rings is 1. The van der Waals surface area contributed by atoms with E-state index in [0.717, 1.165) is 19.5 Å². The number of hydrogen-bond acceptors (Lipinski definition) is 5. The van der Waals surface area contributed by atoms with Crippen molar-refractivity contribution in [3.63, 3.8) is 0 Å². The summed E-state index contributed by atoms with van der Waals surface area (Å²) in [6, 6.07) is 8.46. The van der Waals surface area contributed by atoms with Gasteiger partial charge < -0.3 is 15.5 Å². The summed E-state index contributed by atoms with van der Waals surface area (Å²) in [7, 11) is -3.52. The third-order valence-electron chi connectivity index (χ3n) is 4.96. The Balaban J connectivity index is 0.00000280. The average Bonchev–Trinajstić information content (AvgIpc) is 3.20. The first-order chi connectivity index (χ1) is 13.0. The maximum atomic E-state index is 12.6. The standard InChI is InChI=1S/C18H26N4O4S.ClH/c23-17(20-15-8-9-19-14-15)6-7-18(24)21-10-12-22(13-11-21)27(25,26)16-4-2-1-3-5-16;/h1-5,15,19H,6-14H2,(H,20,23);1H. The molecule has 2 fully saturated rings. The highest BCUT2D eigenvalue weighted by molar-refractivity contribution is 7.89. The number of halogens is 1. The number of hydrogen-bond donors (Lipinski definition) is 2. The van der Waals surface area contributed by atoms with Crippen molar-refractivity contribution in [2.75, 3.05) is 39.3 Å². The topological polar surface area (TPSA) is 98.8 Å². The first-order valence-corrected chi connectivity index (χ1v) is 10.7. The molecule has 3 rings (SSSR count). The van der Waals surface area contributed by atoms with Gasteiger partial charge in [0.15, 0.2) is 0 Å². The van der Waals surface area contributed by atoms with Crippen LogP contribution in [-0.2, 0) is 19.6 Å². The highest BCUT2D eigenvalue weighted by Crippen LogP contribution is 2.17. The van der Waals surface area contributed by atoms with Gasteiger partial charge in [-0.05, 0) is 25.1 Å². The molecule has 2 aliphatic rings. The van der Waals surface area contributed by atoms with Crippen molar-refractivity contribution in [1.82, 2.24) is 19.8 Å². The Hall–Kier alpha value is -1.68. The highest BCUT2D eigenvalue weighted by Gasteiger charge is 2.30. The van der Waals surface area contributed by atoms with Gasteiger partial charge in [-0.15, -0.1) is 12.4 Å². The van der Waals surface area contributed by atoms with Crippen LogP contribution in [0.2, 0.25) is 0 Å². The summed E-state index contributed by atoms with van der Waals surface area (Å²) in [4.78, 5) is 26.2. The number of piperazine rings is 1. The third-order valence-corrected chi connectivity index (χ3v) is 6.88. The Kier molecular flexibility index (Phi) is 8.23. The van der Waals surface area contributed by atoms with Gasteiger partial charge in [0.05, 0.1) is 4.90 Å². The van der Waals surface area contributed by atoms with E-state index in [2.05, 4.69) is 10.6 Å². The summed E-state index contributed by atoms with van der Waals surface area (Å²) in [5.41, 5.74) is 0. The van der Waals surface area contributed by atoms with Crippen LogP contribution in [0.3, 0.4) is 0 Å². The molecule has 2 aliphatic heterocycles. The van der Waals surface area contributed by atoms with Crippen LogP contribution < -0.4 is 10.6 Å². The molecule has 0 aliphatic carbocycles. The van der Waals surface area contributed by atoms with Gasteiger partial charge in [-0.2, -0.15) is 4.31 Å². The van der Waals surface area contributed by atoms with Gasteiger partial charge in [-0.3, -0.25) is 9.59 Å². The lowest BCUT2D eigenvalue weighted by Crippen LogP contribution is -2.50. The van der Waals surface area contributed by atoms with E-state index in [9.17, 15) is 18.0 Å². The summed E-state index contributed by atoms with van der Waals surface area (Å²) < 4.78 is 26.6. The van der Waals surface area contributed by atoms with Crippen LogP contribution in [0, 0.1) is 0 Å². The fraction of sp³-hybridized carbons (Fsp3) is 0.556. The van der Waals surface area contributed by atoms with Gasteiger partial charge in [0, 0.05) is 51.6 Å². The monoisotopic (exact) mass is 430 g/mol. The zero-order chi connectivity index (χ0) is 19.3. The van der Waals surface area contributed by atoms with Crippen LogP contribution in [0.15, 0.2) is 35.2 Å². The van der Waals surface area contributed by atoms with Crippen LogP contribution in [0.5, 0.6) is 0 Å². The van der Waals surface area contributed by atoms with Gasteiger partial charge in [-0.25, -0.2) is 8.42 Å². The Morgan fingerprint density at radius 2 is 1.75 bits per heavy atom. The molecule has 2 heterocycles. The minimum Gasteiger partial charge on any atom is -0.352 e. The molecular weight excluding hydrogens is 404 g/mol. The SMILES string of the molecule is Cl.O=C(CCC(=O)N1CCN(S(=O)(=O)c2ccccc2)CC1)NC1CCNC1. The lowest BCUT2D eigenvalue weighted by molar-refractivity contribution is -0.134. The number of nitrogens with zero attached hydrogens (tertiary/aromatic N) is 2. The summed E-state index contributed by atoms with van der Waals surface area (Å²) >= 11 is 0. The fourth-order valence-electron chi connectivity index (χ4n) is 3.38. The molecule has 28 heavy (non-hydrogen) atoms. The Bertz CT molecular complexity index is 761. The fourth-order valence-corrected chi connectivity index (χ4v) is 4.82. The Morgan fingerprint density at radius 1 is 1.07 bits per heavy atom. The number of sulfonamides is 1. The molecular formula is C18H27ClN4O4S. The van der Waals surface area contributed by atoms with E-state index in [0.29, 0.717) is 13.1 Å². The Morgan fingerprint density at radius 3 is 2.36 bits per heavy atom. The molecule has 2 saturated heterocycles. The van der Waals surface area contributed by atoms with Crippen molar-refractivity contribution in [2.45, 2.75) is 30.2 Å². The average molecular weight is 431 g/mol. The number of carbonyl (C=O) groups excluding carboxylic acids is 2. The lowest BCUT2D eigenvalue weighted by atomic mass is 10.2. The van der Waals surface area contributed by atoms with Crippen molar-refractivity contribution in [3.8, 4) is 0 Å². The summed E-state index contributed by atoms with van der Waals surface area (Å²) in [6.45, 7) is 2.90. The maximum absolute atomic E-state index is 12.6. The molecule has 1 unspecified atom stereocenters. The van der Waals surface area contributed by atoms with Crippen LogP contribution >= 0.6 is 12.4 Å². The van der Waals surface area contributed by atoms with E-state index >= 15 is 0 Å². The van der Waals surface area contributed by atoms with E-state index in [1.165, 1.54) is 4.31 Å². The van der Waals surface area contributed by atoms with Crippen LogP contribution in [0.1, 0.15) is 19.3 Å². The van der Waals surface area contributed by atoms with Crippen LogP contribution in [0.4, 0.5) is 0 Å². The maximum Gasteiger partial charge on any atom is 0.243 e. The van der Waals surface area contributed by atoms with E-state index in [-0.39, 0.29) is 61.1 Å². The minimum atomic E-state index is -3.52. The zero-order valence-corrected chi connectivity index (χ0v) is 17.3. The van der Waals surface area contributed by atoms with Crippen molar-refractivity contribution < 1.29 is 18.0 Å². The molecule has 8 nitrogen and oxygen atoms in total. The lowest BCUT2D eigenvalue weighted by Gasteiger charge is -2.34. The zero-order valence-electron chi connectivity index (χ0n) is 15.7. The number of amides is 2. The third kappa shape index (κ3) is 5.66. The molecule has 156 valence electrons. The second-order valence-electron chi connectivity index (χ2n) is 6.86. The van der Waals surface area contributed by atoms with E-state index in [1.807, 2.05) is 0 Å². The molecule has 0 aromatic heterocycles. The predicted molar refractivity (Wildman–Crippen MR) is 108 cm³/mol. The highest BCUT2D eigenvalue weighted by atomic mass is 35.5. The van der Waals surface area contributed by atoms with Gasteiger partial charge in [0.1, 0.15) is 0 Å². The van der Waals surface area contributed by atoms with Crippen LogP contribution in [-0.4, -0.2) is 74.7 Å². The quantitative estimate of drug-likeness (QED) is 0.671. The molecule has 0 spiro atoms. The molecule has 2 N–H and O–H groups in total. The molecule has 0 bridgehead atoms. The molecule has 2 amide bonds. The van der Waals surface area contributed by atoms with E-state index < -0.39 is 10.0 Å². The normalized spacial score (nSPS) is 20.4. The number of nitrogens with one attached hydrogen (secondary N) is 2. The van der Waals surface area contributed by atoms with Gasteiger partial charge in [-0.1, -0.05) is 18.2 Å². The van der Waals surface area contributed by atoms with Gasteiger partial charge in [0.2, 0.25) is 21.8 Å². The second kappa shape index (κ2) is 10.2. The summed E-state index contributed by atoms with van der Waals surface area (Å²) in [5, 5.41) is 6.10. The van der Waals surface area contributed by atoms with Gasteiger partial charge in [0.25, 0.3) is 0 Å². The largest absolute Gasteiger partial charge is 0.352 e. The predicted octanol–water partition coefficient (Wildman–Crippen LogP) is 0.200. The molecule has 1 aromatic rings. The van der Waals surface area contributed by atoms with E-state index in [1.54, 1.807) is 35.2 Å². The molecule has 1 atom stereocenters. The summed E-state index contributed by atoms with van der Waals surface area (Å²) in [5.74, 6) is -0.214.